The molecule has 0 heterocycles. The Bertz CT molecular complexity index is 401. The topological polar surface area (TPSA) is 55.4 Å². The number of carbonyl (C=O) groups excluding carboxylic acids is 2. The quantitative estimate of drug-likeness (QED) is 0.630. The van der Waals surface area contributed by atoms with Gasteiger partial charge in [-0.3, -0.25) is 4.79 Å². The molecule has 1 aromatic rings. The molecule has 4 nitrogen and oxygen atoms in total. The predicted molar refractivity (Wildman–Crippen MR) is 64.5 cm³/mol. The maximum absolute atomic E-state index is 11.2. The lowest BCUT2D eigenvalue weighted by molar-refractivity contribution is -0.154. The van der Waals surface area contributed by atoms with Gasteiger partial charge in [-0.05, 0) is 25.8 Å². The van der Waals surface area contributed by atoms with Crippen molar-refractivity contribution in [1.82, 2.24) is 5.32 Å². The van der Waals surface area contributed by atoms with Crippen LogP contribution < -0.4 is 5.32 Å². The average molecular weight is 235 g/mol. The number of benzene rings is 1. The summed E-state index contributed by atoms with van der Waals surface area (Å²) in [5, 5.41) is 2.52. The number of carbonyl (C=O) groups is 2. The number of rotatable bonds is 4. The Morgan fingerprint density at radius 3 is 2.76 bits per heavy atom. The minimum Gasteiger partial charge on any atom is -0.459 e. The normalized spacial score (nSPS) is 9.76. The lowest BCUT2D eigenvalue weighted by Crippen LogP contribution is -2.33. The zero-order valence-electron chi connectivity index (χ0n) is 10.2. The standard InChI is InChI=1S/C13H17NO3/c1-3-17-13(16)12(15)14-8-7-11-6-4-5-10(2)9-11/h4-6,9H,3,7-8H2,1-2H3,(H,14,15). The van der Waals surface area contributed by atoms with E-state index in [2.05, 4.69) is 16.1 Å². The molecular formula is C13H17NO3. The first kappa shape index (κ1) is 13.2. The van der Waals surface area contributed by atoms with Crippen LogP contribution in [0.5, 0.6) is 0 Å². The third-order valence-corrected chi connectivity index (χ3v) is 2.24. The largest absolute Gasteiger partial charge is 0.459 e. The summed E-state index contributed by atoms with van der Waals surface area (Å²) in [4.78, 5) is 22.2. The fourth-order valence-electron chi connectivity index (χ4n) is 1.46. The van der Waals surface area contributed by atoms with Crippen LogP contribution in [0, 0.1) is 6.92 Å². The van der Waals surface area contributed by atoms with Gasteiger partial charge in [0.15, 0.2) is 0 Å². The summed E-state index contributed by atoms with van der Waals surface area (Å²) in [6.45, 7) is 4.32. The molecule has 0 aromatic heterocycles. The summed E-state index contributed by atoms with van der Waals surface area (Å²) in [6, 6.07) is 8.03. The van der Waals surface area contributed by atoms with E-state index < -0.39 is 11.9 Å². The van der Waals surface area contributed by atoms with Gasteiger partial charge in [-0.1, -0.05) is 29.8 Å². The molecule has 1 N–H and O–H groups in total. The molecular weight excluding hydrogens is 218 g/mol. The number of hydrogen-bond donors (Lipinski definition) is 1. The minimum atomic E-state index is -0.822. The van der Waals surface area contributed by atoms with E-state index >= 15 is 0 Å². The lowest BCUT2D eigenvalue weighted by Gasteiger charge is -2.05. The number of esters is 1. The number of nitrogens with one attached hydrogen (secondary N) is 1. The van der Waals surface area contributed by atoms with E-state index in [0.29, 0.717) is 13.0 Å². The fourth-order valence-corrected chi connectivity index (χ4v) is 1.46. The first-order valence-electron chi connectivity index (χ1n) is 5.64. The minimum absolute atomic E-state index is 0.212. The summed E-state index contributed by atoms with van der Waals surface area (Å²) < 4.78 is 4.57. The molecule has 0 bridgehead atoms. The molecule has 4 heteroatoms. The van der Waals surface area contributed by atoms with Gasteiger partial charge in [0.1, 0.15) is 0 Å². The highest BCUT2D eigenvalue weighted by atomic mass is 16.5. The smallest absolute Gasteiger partial charge is 0.396 e. The molecule has 0 radical (unpaired) electrons. The first-order valence-corrected chi connectivity index (χ1v) is 5.64. The maximum atomic E-state index is 11.2. The predicted octanol–water partition coefficient (Wildman–Crippen LogP) is 1.22. The van der Waals surface area contributed by atoms with Gasteiger partial charge in [-0.15, -0.1) is 0 Å². The van der Waals surface area contributed by atoms with Gasteiger partial charge < -0.3 is 10.1 Å². The van der Waals surface area contributed by atoms with Crippen LogP contribution in [0.4, 0.5) is 0 Å². The molecule has 1 aromatic carbocycles. The Kier molecular flexibility index (Phi) is 5.20. The monoisotopic (exact) mass is 235 g/mol. The SMILES string of the molecule is CCOC(=O)C(=O)NCCc1cccc(C)c1. The van der Waals surface area contributed by atoms with Gasteiger partial charge in [0.25, 0.3) is 0 Å². The number of amides is 1. The van der Waals surface area contributed by atoms with E-state index in [9.17, 15) is 9.59 Å². The summed E-state index contributed by atoms with van der Waals surface area (Å²) in [6.07, 6.45) is 0.701. The Balaban J connectivity index is 2.33. The van der Waals surface area contributed by atoms with E-state index in [1.807, 2.05) is 25.1 Å². The van der Waals surface area contributed by atoms with Crippen molar-refractivity contribution >= 4 is 11.9 Å². The van der Waals surface area contributed by atoms with Crippen molar-refractivity contribution in [3.63, 3.8) is 0 Å². The van der Waals surface area contributed by atoms with Gasteiger partial charge in [-0.25, -0.2) is 4.79 Å². The summed E-state index contributed by atoms with van der Waals surface area (Å²) in [7, 11) is 0. The molecule has 0 aliphatic carbocycles. The lowest BCUT2D eigenvalue weighted by atomic mass is 10.1. The second-order valence-electron chi connectivity index (χ2n) is 3.72. The third-order valence-electron chi connectivity index (χ3n) is 2.24. The average Bonchev–Trinajstić information content (AvgIpc) is 2.29. The van der Waals surface area contributed by atoms with Gasteiger partial charge in [0, 0.05) is 6.54 Å². The number of ether oxygens (including phenoxy) is 1. The summed E-state index contributed by atoms with van der Waals surface area (Å²) in [5.41, 5.74) is 2.31. The van der Waals surface area contributed by atoms with Crippen LogP contribution in [0.15, 0.2) is 24.3 Å². The highest BCUT2D eigenvalue weighted by molar-refractivity contribution is 6.32. The van der Waals surface area contributed by atoms with Crippen LogP contribution in [0.1, 0.15) is 18.1 Å². The highest BCUT2D eigenvalue weighted by Gasteiger charge is 2.13. The number of hydrogen-bond acceptors (Lipinski definition) is 3. The molecule has 0 atom stereocenters. The van der Waals surface area contributed by atoms with Crippen molar-refractivity contribution in [3.8, 4) is 0 Å². The van der Waals surface area contributed by atoms with E-state index in [0.717, 1.165) is 5.56 Å². The molecule has 0 unspecified atom stereocenters. The van der Waals surface area contributed by atoms with Gasteiger partial charge in [0.05, 0.1) is 6.61 Å². The molecule has 17 heavy (non-hydrogen) atoms. The van der Waals surface area contributed by atoms with Crippen LogP contribution in [0.3, 0.4) is 0 Å². The zero-order chi connectivity index (χ0) is 12.7. The molecule has 0 spiro atoms. The first-order chi connectivity index (χ1) is 8.13. The molecule has 0 fully saturated rings. The Labute approximate surface area is 101 Å². The van der Waals surface area contributed by atoms with Gasteiger partial charge in [0.2, 0.25) is 0 Å². The van der Waals surface area contributed by atoms with Crippen molar-refractivity contribution in [1.29, 1.82) is 0 Å². The zero-order valence-corrected chi connectivity index (χ0v) is 10.2. The highest BCUT2D eigenvalue weighted by Crippen LogP contribution is 2.03. The van der Waals surface area contributed by atoms with E-state index in [-0.39, 0.29) is 6.61 Å². The molecule has 1 rings (SSSR count). The molecule has 1 amide bonds. The van der Waals surface area contributed by atoms with Crippen molar-refractivity contribution in [2.45, 2.75) is 20.3 Å². The summed E-state index contributed by atoms with van der Waals surface area (Å²) >= 11 is 0. The van der Waals surface area contributed by atoms with Crippen LogP contribution in [0.25, 0.3) is 0 Å². The van der Waals surface area contributed by atoms with Crippen LogP contribution in [0.2, 0.25) is 0 Å². The van der Waals surface area contributed by atoms with E-state index in [1.165, 1.54) is 5.56 Å². The van der Waals surface area contributed by atoms with Crippen LogP contribution in [-0.4, -0.2) is 25.0 Å². The Morgan fingerprint density at radius 1 is 1.35 bits per heavy atom. The molecule has 92 valence electrons. The Morgan fingerprint density at radius 2 is 2.12 bits per heavy atom. The van der Waals surface area contributed by atoms with Crippen LogP contribution in [-0.2, 0) is 20.7 Å². The van der Waals surface area contributed by atoms with Crippen molar-refractivity contribution in [3.05, 3.63) is 35.4 Å². The van der Waals surface area contributed by atoms with Crippen molar-refractivity contribution < 1.29 is 14.3 Å². The van der Waals surface area contributed by atoms with Crippen molar-refractivity contribution in [2.24, 2.45) is 0 Å². The van der Waals surface area contributed by atoms with E-state index in [1.54, 1.807) is 6.92 Å². The Hall–Kier alpha value is -1.84. The maximum Gasteiger partial charge on any atom is 0.396 e. The van der Waals surface area contributed by atoms with Crippen LogP contribution >= 0.6 is 0 Å². The fraction of sp³-hybridized carbons (Fsp3) is 0.385. The second-order valence-corrected chi connectivity index (χ2v) is 3.72. The van der Waals surface area contributed by atoms with Crippen molar-refractivity contribution in [2.75, 3.05) is 13.2 Å². The molecule has 0 saturated heterocycles. The third kappa shape index (κ3) is 4.68. The van der Waals surface area contributed by atoms with Gasteiger partial charge in [-0.2, -0.15) is 0 Å². The number of aryl methyl sites for hydroxylation is 1. The molecule has 0 saturated carbocycles. The second kappa shape index (κ2) is 6.68. The summed E-state index contributed by atoms with van der Waals surface area (Å²) in [5.74, 6) is -1.50. The van der Waals surface area contributed by atoms with Gasteiger partial charge >= 0.3 is 11.9 Å². The van der Waals surface area contributed by atoms with E-state index in [4.69, 9.17) is 0 Å². The molecule has 0 aliphatic heterocycles. The molecule has 0 aliphatic rings.